The molecule has 0 radical (unpaired) electrons. The summed E-state index contributed by atoms with van der Waals surface area (Å²) in [5.41, 5.74) is 2.10. The Morgan fingerprint density at radius 1 is 1.42 bits per heavy atom. The lowest BCUT2D eigenvalue weighted by Crippen LogP contribution is -2.40. The van der Waals surface area contributed by atoms with Gasteiger partial charge in [-0.25, -0.2) is 4.98 Å². The van der Waals surface area contributed by atoms with Crippen molar-refractivity contribution in [1.29, 1.82) is 0 Å². The maximum Gasteiger partial charge on any atom is 0.242 e. The number of nitrogens with zero attached hydrogens (tertiary/aromatic N) is 3. The van der Waals surface area contributed by atoms with E-state index in [2.05, 4.69) is 32.5 Å². The molecule has 1 saturated heterocycles. The largest absolute Gasteiger partial charge is 0.354 e. The van der Waals surface area contributed by atoms with Gasteiger partial charge >= 0.3 is 0 Å². The quantitative estimate of drug-likeness (QED) is 0.839. The fourth-order valence-electron chi connectivity index (χ4n) is 3.08. The molecule has 1 aliphatic heterocycles. The molecule has 3 rings (SSSR count). The van der Waals surface area contributed by atoms with E-state index in [0.717, 1.165) is 55.0 Å². The third-order valence-corrected chi connectivity index (χ3v) is 5.31. The minimum absolute atomic E-state index is 0.0668. The van der Waals surface area contributed by atoms with Crippen molar-refractivity contribution in [2.45, 2.75) is 38.6 Å². The molecule has 1 amide bonds. The van der Waals surface area contributed by atoms with Crippen LogP contribution in [0.3, 0.4) is 0 Å². The van der Waals surface area contributed by atoms with Crippen LogP contribution in [0, 0.1) is 0 Å². The van der Waals surface area contributed by atoms with Gasteiger partial charge in [0.05, 0.1) is 10.7 Å². The minimum Gasteiger partial charge on any atom is -0.354 e. The van der Waals surface area contributed by atoms with Crippen molar-refractivity contribution in [2.75, 3.05) is 19.6 Å². The third kappa shape index (κ3) is 4.19. The molecule has 2 aromatic heterocycles. The second-order valence-electron chi connectivity index (χ2n) is 6.06. The number of aryl methyl sites for hydroxylation is 1. The number of hydrogen-bond donors (Lipinski definition) is 1. The van der Waals surface area contributed by atoms with Gasteiger partial charge in [-0.15, -0.1) is 11.3 Å². The van der Waals surface area contributed by atoms with Crippen LogP contribution in [-0.2, 0) is 17.6 Å². The Morgan fingerprint density at radius 2 is 2.25 bits per heavy atom. The highest BCUT2D eigenvalue weighted by Crippen LogP contribution is 2.24. The number of pyridine rings is 1. The lowest BCUT2D eigenvalue weighted by Gasteiger charge is -2.26. The number of aromatic nitrogens is 2. The number of amides is 1. The summed E-state index contributed by atoms with van der Waals surface area (Å²) in [6.07, 6.45) is 7.61. The third-order valence-electron chi connectivity index (χ3n) is 4.35. The van der Waals surface area contributed by atoms with Crippen LogP contribution >= 0.6 is 11.3 Å². The Balaban J connectivity index is 1.61. The van der Waals surface area contributed by atoms with Crippen molar-refractivity contribution >= 4 is 17.2 Å². The van der Waals surface area contributed by atoms with Gasteiger partial charge in [-0.2, -0.15) is 0 Å². The lowest BCUT2D eigenvalue weighted by atomic mass is 10.1. The number of carbonyl (C=O) groups excluding carboxylic acids is 1. The van der Waals surface area contributed by atoms with Gasteiger partial charge in [-0.1, -0.05) is 13.0 Å². The van der Waals surface area contributed by atoms with E-state index in [1.54, 1.807) is 23.7 Å². The van der Waals surface area contributed by atoms with Crippen molar-refractivity contribution in [3.63, 3.8) is 0 Å². The van der Waals surface area contributed by atoms with Gasteiger partial charge in [0.1, 0.15) is 6.04 Å². The zero-order chi connectivity index (χ0) is 16.8. The van der Waals surface area contributed by atoms with Crippen molar-refractivity contribution in [3.05, 3.63) is 46.2 Å². The molecule has 0 aliphatic carbocycles. The Hall–Kier alpha value is -1.79. The first-order valence-corrected chi connectivity index (χ1v) is 9.51. The molecular formula is C18H24N4OS. The Morgan fingerprint density at radius 3 is 2.92 bits per heavy atom. The molecule has 6 heteroatoms. The summed E-state index contributed by atoms with van der Waals surface area (Å²) in [5, 5.41) is 6.28. The zero-order valence-corrected chi connectivity index (χ0v) is 14.9. The summed E-state index contributed by atoms with van der Waals surface area (Å²) in [6.45, 7) is 4.67. The van der Waals surface area contributed by atoms with Gasteiger partial charge in [0.15, 0.2) is 0 Å². The highest BCUT2D eigenvalue weighted by molar-refractivity contribution is 7.09. The van der Waals surface area contributed by atoms with E-state index < -0.39 is 0 Å². The number of thiazole rings is 1. The van der Waals surface area contributed by atoms with Crippen LogP contribution in [0.5, 0.6) is 0 Å². The average Bonchev–Trinajstić information content (AvgIpc) is 3.28. The van der Waals surface area contributed by atoms with E-state index in [0.29, 0.717) is 6.54 Å². The molecule has 3 heterocycles. The molecule has 0 spiro atoms. The SMILES string of the molecule is CCc1csc(CCNC(=O)C(c2cccnc2)N2CCCC2)n1. The summed E-state index contributed by atoms with van der Waals surface area (Å²) < 4.78 is 0. The summed E-state index contributed by atoms with van der Waals surface area (Å²) in [4.78, 5) is 23.8. The predicted octanol–water partition coefficient (Wildman–Crippen LogP) is 2.60. The van der Waals surface area contributed by atoms with Crippen LogP contribution in [-0.4, -0.2) is 40.4 Å². The molecular weight excluding hydrogens is 320 g/mol. The van der Waals surface area contributed by atoms with E-state index in [9.17, 15) is 4.79 Å². The van der Waals surface area contributed by atoms with E-state index >= 15 is 0 Å². The van der Waals surface area contributed by atoms with Crippen molar-refractivity contribution in [3.8, 4) is 0 Å². The second kappa shape index (κ2) is 8.35. The molecule has 2 aromatic rings. The Bertz CT molecular complexity index is 652. The fraction of sp³-hybridized carbons (Fsp3) is 0.500. The molecule has 0 bridgehead atoms. The zero-order valence-electron chi connectivity index (χ0n) is 14.1. The fourth-order valence-corrected chi connectivity index (χ4v) is 3.96. The van der Waals surface area contributed by atoms with Gasteiger partial charge < -0.3 is 5.32 Å². The molecule has 1 aliphatic rings. The first kappa shape index (κ1) is 17.0. The summed E-state index contributed by atoms with van der Waals surface area (Å²) in [5.74, 6) is 0.0668. The van der Waals surface area contributed by atoms with Gasteiger partial charge in [0, 0.05) is 30.7 Å². The molecule has 0 aromatic carbocycles. The molecule has 1 N–H and O–H groups in total. The van der Waals surface area contributed by atoms with Crippen molar-refractivity contribution < 1.29 is 4.79 Å². The van der Waals surface area contributed by atoms with Gasteiger partial charge in [0.2, 0.25) is 5.91 Å². The summed E-state index contributed by atoms with van der Waals surface area (Å²) in [6, 6.07) is 3.65. The number of nitrogens with one attached hydrogen (secondary N) is 1. The maximum atomic E-state index is 12.8. The van der Waals surface area contributed by atoms with Gasteiger partial charge in [0.25, 0.3) is 0 Å². The smallest absolute Gasteiger partial charge is 0.242 e. The Kier molecular flexibility index (Phi) is 5.93. The molecule has 1 fully saturated rings. The number of likely N-dealkylation sites (tertiary alicyclic amines) is 1. The molecule has 1 atom stereocenters. The van der Waals surface area contributed by atoms with Crippen LogP contribution in [0.25, 0.3) is 0 Å². The van der Waals surface area contributed by atoms with Gasteiger partial charge in [-0.05, 0) is 44.0 Å². The van der Waals surface area contributed by atoms with E-state index in [1.165, 1.54) is 0 Å². The van der Waals surface area contributed by atoms with E-state index in [-0.39, 0.29) is 11.9 Å². The predicted molar refractivity (Wildman–Crippen MR) is 96.0 cm³/mol. The lowest BCUT2D eigenvalue weighted by molar-refractivity contribution is -0.126. The summed E-state index contributed by atoms with van der Waals surface area (Å²) in [7, 11) is 0. The first-order valence-electron chi connectivity index (χ1n) is 8.63. The Labute approximate surface area is 147 Å². The monoisotopic (exact) mass is 344 g/mol. The molecule has 0 saturated carbocycles. The van der Waals surface area contributed by atoms with Crippen molar-refractivity contribution in [2.24, 2.45) is 0 Å². The normalized spacial score (nSPS) is 16.2. The number of rotatable bonds is 7. The maximum absolute atomic E-state index is 12.8. The van der Waals surface area contributed by atoms with E-state index in [4.69, 9.17) is 0 Å². The van der Waals surface area contributed by atoms with Crippen LogP contribution in [0.4, 0.5) is 0 Å². The topological polar surface area (TPSA) is 58.1 Å². The average molecular weight is 344 g/mol. The van der Waals surface area contributed by atoms with Gasteiger partial charge in [-0.3, -0.25) is 14.7 Å². The minimum atomic E-state index is -0.233. The molecule has 128 valence electrons. The number of carbonyl (C=O) groups is 1. The van der Waals surface area contributed by atoms with Crippen LogP contribution < -0.4 is 5.32 Å². The van der Waals surface area contributed by atoms with Crippen LogP contribution in [0.1, 0.15) is 42.1 Å². The van der Waals surface area contributed by atoms with Crippen molar-refractivity contribution in [1.82, 2.24) is 20.2 Å². The standard InChI is InChI=1S/C18H24N4OS/c1-2-15-13-24-16(21-15)7-9-20-18(23)17(22-10-3-4-11-22)14-6-5-8-19-12-14/h5-6,8,12-13,17H,2-4,7,9-11H2,1H3,(H,20,23). The van der Waals surface area contributed by atoms with E-state index in [1.807, 2.05) is 12.1 Å². The highest BCUT2D eigenvalue weighted by atomic mass is 32.1. The van der Waals surface area contributed by atoms with Crippen LogP contribution in [0.15, 0.2) is 29.9 Å². The van der Waals surface area contributed by atoms with Crippen LogP contribution in [0.2, 0.25) is 0 Å². The number of hydrogen-bond acceptors (Lipinski definition) is 5. The first-order chi connectivity index (χ1) is 11.8. The second-order valence-corrected chi connectivity index (χ2v) is 7.00. The summed E-state index contributed by atoms with van der Waals surface area (Å²) >= 11 is 1.67. The molecule has 5 nitrogen and oxygen atoms in total. The molecule has 24 heavy (non-hydrogen) atoms. The highest BCUT2D eigenvalue weighted by Gasteiger charge is 2.29. The molecule has 1 unspecified atom stereocenters.